The number of ether oxygens (including phenoxy) is 2. The summed E-state index contributed by atoms with van der Waals surface area (Å²) in [6, 6.07) is 37.8. The molecule has 0 unspecified atom stereocenters. The van der Waals surface area contributed by atoms with Gasteiger partial charge in [-0.3, -0.25) is 0 Å². The molecule has 202 valence electrons. The van der Waals surface area contributed by atoms with Gasteiger partial charge in [0.15, 0.2) is 0 Å². The van der Waals surface area contributed by atoms with Crippen molar-refractivity contribution in [3.63, 3.8) is 0 Å². The maximum atomic E-state index is 5.97. The monoisotopic (exact) mass is 543 g/mol. The number of aromatic nitrogens is 1. The van der Waals surface area contributed by atoms with Crippen LogP contribution in [0.25, 0.3) is 71.1 Å². The van der Waals surface area contributed by atoms with Gasteiger partial charge in [0.2, 0.25) is 0 Å². The summed E-state index contributed by atoms with van der Waals surface area (Å²) in [7, 11) is 3.52. The van der Waals surface area contributed by atoms with Crippen molar-refractivity contribution in [1.82, 2.24) is 4.40 Å². The fourth-order valence-electron chi connectivity index (χ4n) is 7.76. The van der Waals surface area contributed by atoms with Crippen LogP contribution in [0.2, 0.25) is 0 Å². The van der Waals surface area contributed by atoms with Crippen molar-refractivity contribution >= 4 is 48.9 Å². The van der Waals surface area contributed by atoms with Gasteiger partial charge >= 0.3 is 0 Å². The van der Waals surface area contributed by atoms with Crippen LogP contribution in [-0.4, -0.2) is 18.6 Å². The van der Waals surface area contributed by atoms with Crippen LogP contribution in [0.15, 0.2) is 103 Å². The van der Waals surface area contributed by atoms with Gasteiger partial charge in [-0.05, 0) is 92.7 Å². The fourth-order valence-corrected chi connectivity index (χ4v) is 7.76. The van der Waals surface area contributed by atoms with Crippen LogP contribution in [0.3, 0.4) is 0 Å². The molecule has 3 nitrogen and oxygen atoms in total. The maximum Gasteiger partial charge on any atom is 0.128 e. The Labute approximate surface area is 243 Å². The standard InChI is InChI=1S/C39H29NO2/c1-39(2)32-20-25(41-3)12-14-26(32)27-13-10-24-19-30-28-15-17-35(42-4)36-31-18-23(22-8-6-5-7-9-22)11-16-33(31)40(38(28)36)34(30)21-29(24)37(27)39/h5-21H,1-4H3. The summed E-state index contributed by atoms with van der Waals surface area (Å²) in [6.07, 6.45) is 0. The lowest BCUT2D eigenvalue weighted by molar-refractivity contribution is 0.413. The van der Waals surface area contributed by atoms with E-state index in [1.807, 2.05) is 0 Å². The third-order valence-corrected chi connectivity index (χ3v) is 9.68. The van der Waals surface area contributed by atoms with Crippen LogP contribution in [-0.2, 0) is 5.41 Å². The van der Waals surface area contributed by atoms with Gasteiger partial charge in [0.05, 0.1) is 36.2 Å². The minimum absolute atomic E-state index is 0.152. The molecule has 3 heteroatoms. The predicted octanol–water partition coefficient (Wildman–Crippen LogP) is 9.98. The fraction of sp³-hybridized carbons (Fsp3) is 0.128. The Hall–Kier alpha value is -5.02. The number of benzene rings is 6. The third-order valence-electron chi connectivity index (χ3n) is 9.68. The minimum atomic E-state index is -0.152. The van der Waals surface area contributed by atoms with E-state index in [0.29, 0.717) is 0 Å². The van der Waals surface area contributed by atoms with Gasteiger partial charge in [0, 0.05) is 21.6 Å². The van der Waals surface area contributed by atoms with E-state index >= 15 is 0 Å². The average molecular weight is 544 g/mol. The van der Waals surface area contributed by atoms with Crippen molar-refractivity contribution in [1.29, 1.82) is 0 Å². The van der Waals surface area contributed by atoms with Crippen LogP contribution < -0.4 is 9.47 Å². The topological polar surface area (TPSA) is 22.9 Å². The lowest BCUT2D eigenvalue weighted by atomic mass is 9.80. The van der Waals surface area contributed by atoms with Gasteiger partial charge in [-0.15, -0.1) is 0 Å². The maximum absolute atomic E-state index is 5.97. The van der Waals surface area contributed by atoms with E-state index in [-0.39, 0.29) is 5.41 Å². The summed E-state index contributed by atoms with van der Waals surface area (Å²) >= 11 is 0. The third kappa shape index (κ3) is 2.85. The number of hydrogen-bond donors (Lipinski definition) is 0. The van der Waals surface area contributed by atoms with E-state index in [0.717, 1.165) is 11.5 Å². The van der Waals surface area contributed by atoms with Crippen molar-refractivity contribution in [2.24, 2.45) is 0 Å². The predicted molar refractivity (Wildman–Crippen MR) is 175 cm³/mol. The molecule has 0 fully saturated rings. The smallest absolute Gasteiger partial charge is 0.128 e. The molecule has 0 bridgehead atoms. The van der Waals surface area contributed by atoms with Gasteiger partial charge in [-0.1, -0.05) is 68.4 Å². The van der Waals surface area contributed by atoms with Gasteiger partial charge < -0.3 is 13.9 Å². The molecule has 2 heterocycles. The quantitative estimate of drug-likeness (QED) is 0.221. The number of fused-ring (bicyclic) bond motifs is 11. The Morgan fingerprint density at radius 1 is 0.595 bits per heavy atom. The van der Waals surface area contributed by atoms with Crippen molar-refractivity contribution in [3.8, 4) is 33.8 Å². The largest absolute Gasteiger partial charge is 0.497 e. The zero-order valence-corrected chi connectivity index (χ0v) is 24.1. The normalized spacial score (nSPS) is 13.9. The Bertz CT molecular complexity index is 2390. The first kappa shape index (κ1) is 23.7. The van der Waals surface area contributed by atoms with Crippen LogP contribution in [0.1, 0.15) is 25.0 Å². The first-order valence-electron chi connectivity index (χ1n) is 14.5. The second-order valence-corrected chi connectivity index (χ2v) is 12.1. The molecule has 2 aromatic heterocycles. The Morgan fingerprint density at radius 2 is 1.43 bits per heavy atom. The molecule has 1 aliphatic carbocycles. The van der Waals surface area contributed by atoms with Crippen molar-refractivity contribution in [2.75, 3.05) is 14.2 Å². The van der Waals surface area contributed by atoms with E-state index in [1.165, 1.54) is 82.2 Å². The number of rotatable bonds is 3. The SMILES string of the molecule is COc1ccc2c(c1)C(C)(C)c1c-2ccc2cc3c4ccc(OC)c5c6cc(-c7ccccc7)ccc6n(c3cc12)c45. The number of hydrogen-bond acceptors (Lipinski definition) is 2. The highest BCUT2D eigenvalue weighted by atomic mass is 16.5. The first-order valence-corrected chi connectivity index (χ1v) is 14.5. The highest BCUT2D eigenvalue weighted by Crippen LogP contribution is 2.53. The number of methoxy groups -OCH3 is 2. The van der Waals surface area contributed by atoms with Gasteiger partial charge in [0.1, 0.15) is 11.5 Å². The van der Waals surface area contributed by atoms with Crippen LogP contribution in [0.5, 0.6) is 11.5 Å². The van der Waals surface area contributed by atoms with E-state index in [9.17, 15) is 0 Å². The van der Waals surface area contributed by atoms with Crippen LogP contribution >= 0.6 is 0 Å². The molecule has 1 aliphatic rings. The van der Waals surface area contributed by atoms with Gasteiger partial charge in [-0.2, -0.15) is 0 Å². The van der Waals surface area contributed by atoms with E-state index in [4.69, 9.17) is 9.47 Å². The molecule has 0 amide bonds. The Kier molecular flexibility index (Phi) is 4.53. The zero-order valence-electron chi connectivity index (χ0n) is 24.1. The molecule has 0 saturated carbocycles. The molecule has 0 atom stereocenters. The molecule has 0 N–H and O–H groups in total. The molecule has 0 saturated heterocycles. The summed E-state index contributed by atoms with van der Waals surface area (Å²) in [4.78, 5) is 0. The first-order chi connectivity index (χ1) is 20.5. The highest BCUT2D eigenvalue weighted by Gasteiger charge is 2.37. The molecule has 8 aromatic rings. The van der Waals surface area contributed by atoms with Crippen molar-refractivity contribution < 1.29 is 9.47 Å². The average Bonchev–Trinajstić information content (AvgIpc) is 3.62. The van der Waals surface area contributed by atoms with E-state index in [2.05, 4.69) is 121 Å². The summed E-state index contributed by atoms with van der Waals surface area (Å²) in [6.45, 7) is 4.69. The van der Waals surface area contributed by atoms with E-state index < -0.39 is 0 Å². The molecular formula is C39H29NO2. The molecule has 0 spiro atoms. The molecular weight excluding hydrogens is 514 g/mol. The lowest BCUT2D eigenvalue weighted by Crippen LogP contribution is -2.15. The van der Waals surface area contributed by atoms with Crippen LogP contribution in [0, 0.1) is 0 Å². The summed E-state index contributed by atoms with van der Waals surface area (Å²) < 4.78 is 14.1. The van der Waals surface area contributed by atoms with Crippen molar-refractivity contribution in [3.05, 3.63) is 114 Å². The van der Waals surface area contributed by atoms with Crippen LogP contribution in [0.4, 0.5) is 0 Å². The molecule has 42 heavy (non-hydrogen) atoms. The molecule has 0 aliphatic heterocycles. The van der Waals surface area contributed by atoms with Gasteiger partial charge in [-0.25, -0.2) is 0 Å². The summed E-state index contributed by atoms with van der Waals surface area (Å²) in [5.74, 6) is 1.81. The molecule has 9 rings (SSSR count). The Balaban J connectivity index is 1.40. The van der Waals surface area contributed by atoms with Gasteiger partial charge in [0.25, 0.3) is 0 Å². The molecule has 0 radical (unpaired) electrons. The summed E-state index contributed by atoms with van der Waals surface area (Å²) in [5.41, 5.74) is 11.3. The second kappa shape index (κ2) is 8.04. The zero-order chi connectivity index (χ0) is 28.3. The number of nitrogens with zero attached hydrogens (tertiary/aromatic N) is 1. The van der Waals surface area contributed by atoms with Crippen molar-refractivity contribution in [2.45, 2.75) is 19.3 Å². The minimum Gasteiger partial charge on any atom is -0.497 e. The van der Waals surface area contributed by atoms with E-state index in [1.54, 1.807) is 14.2 Å². The summed E-state index contributed by atoms with van der Waals surface area (Å²) in [5, 5.41) is 7.50. The lowest BCUT2D eigenvalue weighted by Gasteiger charge is -2.23. The highest BCUT2D eigenvalue weighted by molar-refractivity contribution is 6.26. The Morgan fingerprint density at radius 3 is 2.24 bits per heavy atom. The molecule has 6 aromatic carbocycles. The second-order valence-electron chi connectivity index (χ2n) is 12.1.